The molecular formula is C19H31N3. The van der Waals surface area contributed by atoms with Crippen molar-refractivity contribution in [1.82, 2.24) is 10.2 Å². The minimum atomic E-state index is 0.674. The minimum Gasteiger partial charge on any atom is -0.369 e. The number of fused-ring (bicyclic) bond motifs is 1. The topological polar surface area (TPSA) is 18.5 Å². The Hall–Kier alpha value is -1.06. The number of nitrogens with zero attached hydrogens (tertiary/aromatic N) is 2. The molecule has 0 spiro atoms. The SMILES string of the molecule is CCCCNC1CCc2cccc(N3CCN(C)CC3)c2C1. The van der Waals surface area contributed by atoms with Gasteiger partial charge in [-0.3, -0.25) is 0 Å². The highest BCUT2D eigenvalue weighted by molar-refractivity contribution is 5.58. The summed E-state index contributed by atoms with van der Waals surface area (Å²) in [4.78, 5) is 5.04. The first kappa shape index (κ1) is 15.8. The lowest BCUT2D eigenvalue weighted by Gasteiger charge is -2.37. The van der Waals surface area contributed by atoms with Crippen LogP contribution in [0, 0.1) is 0 Å². The van der Waals surface area contributed by atoms with Gasteiger partial charge in [-0.2, -0.15) is 0 Å². The van der Waals surface area contributed by atoms with Gasteiger partial charge in [0.25, 0.3) is 0 Å². The predicted molar refractivity (Wildman–Crippen MR) is 94.9 cm³/mol. The Morgan fingerprint density at radius 1 is 1.18 bits per heavy atom. The van der Waals surface area contributed by atoms with Crippen molar-refractivity contribution in [3.8, 4) is 0 Å². The van der Waals surface area contributed by atoms with Crippen molar-refractivity contribution in [1.29, 1.82) is 0 Å². The molecule has 0 amide bonds. The average molecular weight is 301 g/mol. The van der Waals surface area contributed by atoms with Crippen molar-refractivity contribution >= 4 is 5.69 Å². The summed E-state index contributed by atoms with van der Waals surface area (Å²) >= 11 is 0. The van der Waals surface area contributed by atoms with Crippen LogP contribution in [0.2, 0.25) is 0 Å². The monoisotopic (exact) mass is 301 g/mol. The fourth-order valence-electron chi connectivity index (χ4n) is 3.77. The standard InChI is InChI=1S/C19H31N3/c1-3-4-10-20-17-9-8-16-6-5-7-19(18(16)15-17)22-13-11-21(2)12-14-22/h5-7,17,20H,3-4,8-15H2,1-2H3. The number of hydrogen-bond acceptors (Lipinski definition) is 3. The van der Waals surface area contributed by atoms with Crippen molar-refractivity contribution in [3.05, 3.63) is 29.3 Å². The van der Waals surface area contributed by atoms with Crippen LogP contribution in [0.3, 0.4) is 0 Å². The maximum absolute atomic E-state index is 3.77. The average Bonchev–Trinajstić information content (AvgIpc) is 2.55. The van der Waals surface area contributed by atoms with Crippen molar-refractivity contribution < 1.29 is 0 Å². The molecule has 122 valence electrons. The normalized spacial score (nSPS) is 22.6. The van der Waals surface area contributed by atoms with Crippen molar-refractivity contribution in [3.63, 3.8) is 0 Å². The van der Waals surface area contributed by atoms with Crippen LogP contribution in [0.25, 0.3) is 0 Å². The van der Waals surface area contributed by atoms with Crippen LogP contribution in [0.1, 0.15) is 37.3 Å². The molecule has 1 heterocycles. The highest BCUT2D eigenvalue weighted by Gasteiger charge is 2.24. The summed E-state index contributed by atoms with van der Waals surface area (Å²) in [5.41, 5.74) is 4.71. The fourth-order valence-corrected chi connectivity index (χ4v) is 3.77. The number of unbranched alkanes of at least 4 members (excludes halogenated alkanes) is 1. The van der Waals surface area contributed by atoms with Gasteiger partial charge in [-0.05, 0) is 56.5 Å². The summed E-state index contributed by atoms with van der Waals surface area (Å²) in [7, 11) is 2.23. The molecule has 22 heavy (non-hydrogen) atoms. The van der Waals surface area contributed by atoms with Gasteiger partial charge in [0.1, 0.15) is 0 Å². The molecule has 0 aromatic heterocycles. The van der Waals surface area contributed by atoms with Gasteiger partial charge in [-0.1, -0.05) is 25.5 Å². The van der Waals surface area contributed by atoms with Crippen molar-refractivity contribution in [2.24, 2.45) is 0 Å². The first-order valence-electron chi connectivity index (χ1n) is 9.05. The second kappa shape index (κ2) is 7.47. The summed E-state index contributed by atoms with van der Waals surface area (Å²) in [5.74, 6) is 0. The molecule has 1 atom stereocenters. The zero-order chi connectivity index (χ0) is 15.4. The van der Waals surface area contributed by atoms with Gasteiger partial charge in [0.15, 0.2) is 0 Å². The van der Waals surface area contributed by atoms with Crippen LogP contribution >= 0.6 is 0 Å². The number of rotatable bonds is 5. The van der Waals surface area contributed by atoms with Crippen molar-refractivity contribution in [2.75, 3.05) is 44.7 Å². The van der Waals surface area contributed by atoms with Crippen LogP contribution in [0.5, 0.6) is 0 Å². The lowest BCUT2D eigenvalue weighted by molar-refractivity contribution is 0.312. The molecule has 0 saturated carbocycles. The molecule has 1 fully saturated rings. The van der Waals surface area contributed by atoms with E-state index in [9.17, 15) is 0 Å². The molecule has 1 unspecified atom stereocenters. The second-order valence-electron chi connectivity index (χ2n) is 6.95. The van der Waals surface area contributed by atoms with E-state index in [0.29, 0.717) is 6.04 Å². The van der Waals surface area contributed by atoms with Gasteiger partial charge in [0, 0.05) is 37.9 Å². The molecule has 1 aliphatic carbocycles. The Bertz CT molecular complexity index is 478. The largest absolute Gasteiger partial charge is 0.369 e. The molecule has 1 aliphatic heterocycles. The van der Waals surface area contributed by atoms with E-state index in [1.807, 2.05) is 0 Å². The molecule has 1 aromatic rings. The van der Waals surface area contributed by atoms with Crippen LogP contribution in [-0.4, -0.2) is 50.7 Å². The second-order valence-corrected chi connectivity index (χ2v) is 6.95. The number of anilines is 1. The molecule has 1 N–H and O–H groups in total. The Balaban J connectivity index is 1.71. The van der Waals surface area contributed by atoms with E-state index >= 15 is 0 Å². The number of aryl methyl sites for hydroxylation is 1. The van der Waals surface area contributed by atoms with E-state index in [1.54, 1.807) is 11.1 Å². The highest BCUT2D eigenvalue weighted by Crippen LogP contribution is 2.31. The molecule has 0 bridgehead atoms. The van der Waals surface area contributed by atoms with Crippen LogP contribution in [0.4, 0.5) is 5.69 Å². The van der Waals surface area contributed by atoms with E-state index in [0.717, 1.165) is 0 Å². The molecular weight excluding hydrogens is 270 g/mol. The lowest BCUT2D eigenvalue weighted by Crippen LogP contribution is -2.45. The molecule has 1 saturated heterocycles. The molecule has 1 aromatic carbocycles. The zero-order valence-electron chi connectivity index (χ0n) is 14.3. The molecule has 0 radical (unpaired) electrons. The van der Waals surface area contributed by atoms with Gasteiger partial charge in [-0.15, -0.1) is 0 Å². The quantitative estimate of drug-likeness (QED) is 0.844. The summed E-state index contributed by atoms with van der Waals surface area (Å²) in [6.45, 7) is 8.14. The Labute approximate surface area is 135 Å². The Morgan fingerprint density at radius 2 is 2.00 bits per heavy atom. The summed E-state index contributed by atoms with van der Waals surface area (Å²) in [6.07, 6.45) is 6.32. The van der Waals surface area contributed by atoms with E-state index in [1.165, 1.54) is 70.5 Å². The Morgan fingerprint density at radius 3 is 2.77 bits per heavy atom. The van der Waals surface area contributed by atoms with Gasteiger partial charge in [0.05, 0.1) is 0 Å². The molecule has 3 rings (SSSR count). The van der Waals surface area contributed by atoms with Crippen LogP contribution < -0.4 is 10.2 Å². The number of likely N-dealkylation sites (N-methyl/N-ethyl adjacent to an activating group) is 1. The number of piperazine rings is 1. The minimum absolute atomic E-state index is 0.674. The summed E-state index contributed by atoms with van der Waals surface area (Å²) < 4.78 is 0. The molecule has 2 aliphatic rings. The molecule has 3 nitrogen and oxygen atoms in total. The van der Waals surface area contributed by atoms with Gasteiger partial charge in [0.2, 0.25) is 0 Å². The van der Waals surface area contributed by atoms with Crippen LogP contribution in [0.15, 0.2) is 18.2 Å². The fraction of sp³-hybridized carbons (Fsp3) is 0.684. The summed E-state index contributed by atoms with van der Waals surface area (Å²) in [6, 6.07) is 7.63. The van der Waals surface area contributed by atoms with Crippen molar-refractivity contribution in [2.45, 2.75) is 45.1 Å². The van der Waals surface area contributed by atoms with E-state index in [-0.39, 0.29) is 0 Å². The highest BCUT2D eigenvalue weighted by atomic mass is 15.2. The zero-order valence-corrected chi connectivity index (χ0v) is 14.3. The Kier molecular flexibility index (Phi) is 5.37. The number of benzene rings is 1. The maximum atomic E-state index is 3.77. The third kappa shape index (κ3) is 3.64. The van der Waals surface area contributed by atoms with Gasteiger partial charge >= 0.3 is 0 Å². The maximum Gasteiger partial charge on any atom is 0.0403 e. The lowest BCUT2D eigenvalue weighted by atomic mass is 9.86. The smallest absolute Gasteiger partial charge is 0.0403 e. The number of hydrogen-bond donors (Lipinski definition) is 1. The molecule has 3 heteroatoms. The predicted octanol–water partition coefficient (Wildman–Crippen LogP) is 2.69. The van der Waals surface area contributed by atoms with E-state index < -0.39 is 0 Å². The van der Waals surface area contributed by atoms with E-state index in [2.05, 4.69) is 47.3 Å². The van der Waals surface area contributed by atoms with Gasteiger partial charge < -0.3 is 15.1 Å². The van der Waals surface area contributed by atoms with E-state index in [4.69, 9.17) is 0 Å². The third-order valence-electron chi connectivity index (χ3n) is 5.27. The van der Waals surface area contributed by atoms with Crippen LogP contribution in [-0.2, 0) is 12.8 Å². The third-order valence-corrected chi connectivity index (χ3v) is 5.27. The first-order valence-corrected chi connectivity index (χ1v) is 9.05. The summed E-state index contributed by atoms with van der Waals surface area (Å²) in [5, 5.41) is 3.77. The first-order chi connectivity index (χ1) is 10.8. The number of nitrogens with one attached hydrogen (secondary N) is 1. The van der Waals surface area contributed by atoms with Gasteiger partial charge in [-0.25, -0.2) is 0 Å².